The van der Waals surface area contributed by atoms with Crippen LogP contribution in [-0.2, 0) is 14.3 Å². The molecule has 2 aromatic carbocycles. The summed E-state index contributed by atoms with van der Waals surface area (Å²) in [7, 11) is 1.58. The van der Waals surface area contributed by atoms with Crippen LogP contribution in [0, 0.1) is 18.7 Å². The van der Waals surface area contributed by atoms with E-state index in [4.69, 9.17) is 4.74 Å². The number of hydrazone groups is 1. The number of carbonyl (C=O) groups is 2. The Morgan fingerprint density at radius 1 is 1.12 bits per heavy atom. The van der Waals surface area contributed by atoms with Crippen LogP contribution in [0.15, 0.2) is 53.6 Å². The third-order valence-corrected chi connectivity index (χ3v) is 6.46. The third-order valence-electron chi connectivity index (χ3n) is 6.46. The average molecular weight is 452 g/mol. The zero-order valence-corrected chi connectivity index (χ0v) is 19.2. The Kier molecular flexibility index (Phi) is 7.18. The molecule has 1 aliphatic heterocycles. The molecule has 2 aromatic rings. The van der Waals surface area contributed by atoms with Crippen molar-refractivity contribution in [1.82, 2.24) is 9.91 Å². The highest BCUT2D eigenvalue weighted by molar-refractivity contribution is 6.03. The molecule has 0 saturated heterocycles. The quantitative estimate of drug-likeness (QED) is 0.607. The van der Waals surface area contributed by atoms with E-state index in [2.05, 4.69) is 5.10 Å². The maximum absolute atomic E-state index is 13.5. The molecule has 6 nitrogen and oxygen atoms in total. The molecule has 1 heterocycles. The Labute approximate surface area is 194 Å². The minimum Gasteiger partial charge on any atom is -0.383 e. The molecule has 1 fully saturated rings. The van der Waals surface area contributed by atoms with Gasteiger partial charge in [0, 0.05) is 26.0 Å². The van der Waals surface area contributed by atoms with Gasteiger partial charge in [-0.3, -0.25) is 9.59 Å². The summed E-state index contributed by atoms with van der Waals surface area (Å²) < 4.78 is 18.6. The second-order valence-electron chi connectivity index (χ2n) is 8.80. The SMILES string of the molecule is COCCN(CC(=O)N1N=C(c2ccc(F)cc2)C[C@H]1c1ccc(C)cc1)C(=O)C1CCC1. The van der Waals surface area contributed by atoms with E-state index in [1.54, 1.807) is 24.1 Å². The van der Waals surface area contributed by atoms with Crippen LogP contribution >= 0.6 is 0 Å². The van der Waals surface area contributed by atoms with Gasteiger partial charge in [-0.1, -0.05) is 48.4 Å². The minimum absolute atomic E-state index is 0.000549. The van der Waals surface area contributed by atoms with Gasteiger partial charge in [-0.25, -0.2) is 9.40 Å². The number of rotatable bonds is 8. The van der Waals surface area contributed by atoms with E-state index in [0.29, 0.717) is 19.6 Å². The van der Waals surface area contributed by atoms with Gasteiger partial charge in [0.2, 0.25) is 5.91 Å². The molecular weight excluding hydrogens is 421 g/mol. The fourth-order valence-corrected chi connectivity index (χ4v) is 4.22. The van der Waals surface area contributed by atoms with Crippen molar-refractivity contribution in [2.24, 2.45) is 11.0 Å². The van der Waals surface area contributed by atoms with Crippen molar-refractivity contribution in [1.29, 1.82) is 0 Å². The first kappa shape index (κ1) is 23.1. The summed E-state index contributed by atoms with van der Waals surface area (Å²) in [6, 6.07) is 13.9. The number of amides is 2. The third kappa shape index (κ3) is 5.30. The van der Waals surface area contributed by atoms with E-state index in [9.17, 15) is 14.0 Å². The maximum Gasteiger partial charge on any atom is 0.262 e. The van der Waals surface area contributed by atoms with E-state index in [0.717, 1.165) is 41.7 Å². The number of carbonyl (C=O) groups excluding carboxylic acids is 2. The first-order chi connectivity index (χ1) is 16.0. The van der Waals surface area contributed by atoms with E-state index in [1.165, 1.54) is 17.1 Å². The molecule has 1 aliphatic carbocycles. The highest BCUT2D eigenvalue weighted by atomic mass is 19.1. The first-order valence-electron chi connectivity index (χ1n) is 11.5. The van der Waals surface area contributed by atoms with Gasteiger partial charge < -0.3 is 9.64 Å². The van der Waals surface area contributed by atoms with E-state index < -0.39 is 0 Å². The first-order valence-corrected chi connectivity index (χ1v) is 11.5. The van der Waals surface area contributed by atoms with Crippen LogP contribution in [0.25, 0.3) is 0 Å². The van der Waals surface area contributed by atoms with Crippen molar-refractivity contribution >= 4 is 17.5 Å². The van der Waals surface area contributed by atoms with Gasteiger partial charge in [-0.2, -0.15) is 5.10 Å². The lowest BCUT2D eigenvalue weighted by atomic mass is 9.84. The zero-order chi connectivity index (χ0) is 23.4. The summed E-state index contributed by atoms with van der Waals surface area (Å²) in [5.74, 6) is -0.537. The molecule has 174 valence electrons. The zero-order valence-electron chi connectivity index (χ0n) is 19.2. The predicted octanol–water partition coefficient (Wildman–Crippen LogP) is 4.09. The van der Waals surface area contributed by atoms with Crippen molar-refractivity contribution in [2.75, 3.05) is 26.8 Å². The van der Waals surface area contributed by atoms with Crippen molar-refractivity contribution in [3.63, 3.8) is 0 Å². The average Bonchev–Trinajstić information content (AvgIpc) is 3.22. The Balaban J connectivity index is 1.59. The second-order valence-corrected chi connectivity index (χ2v) is 8.80. The molecule has 1 saturated carbocycles. The minimum atomic E-state index is -0.316. The number of ether oxygens (including phenoxy) is 1. The van der Waals surface area contributed by atoms with Gasteiger partial charge in [0.15, 0.2) is 0 Å². The molecule has 2 aliphatic rings. The van der Waals surface area contributed by atoms with Crippen molar-refractivity contribution in [3.05, 3.63) is 71.0 Å². The normalized spacial score (nSPS) is 18.1. The number of methoxy groups -OCH3 is 1. The number of hydrogen-bond acceptors (Lipinski definition) is 4. The number of aryl methyl sites for hydroxylation is 1. The molecule has 0 radical (unpaired) electrons. The lowest BCUT2D eigenvalue weighted by Gasteiger charge is -2.32. The molecular formula is C26H30FN3O3. The van der Waals surface area contributed by atoms with Crippen LogP contribution in [0.2, 0.25) is 0 Å². The molecule has 1 atom stereocenters. The van der Waals surface area contributed by atoms with E-state index in [-0.39, 0.29) is 36.1 Å². The van der Waals surface area contributed by atoms with Gasteiger partial charge in [0.05, 0.1) is 18.4 Å². The Morgan fingerprint density at radius 2 is 1.82 bits per heavy atom. The maximum atomic E-state index is 13.5. The number of nitrogens with zero attached hydrogens (tertiary/aromatic N) is 3. The Hall–Kier alpha value is -3.06. The van der Waals surface area contributed by atoms with Crippen LogP contribution in [0.1, 0.15) is 48.4 Å². The van der Waals surface area contributed by atoms with E-state index in [1.807, 2.05) is 31.2 Å². The lowest BCUT2D eigenvalue weighted by Crippen LogP contribution is -2.46. The molecule has 33 heavy (non-hydrogen) atoms. The molecule has 0 N–H and O–H groups in total. The smallest absolute Gasteiger partial charge is 0.262 e. The Morgan fingerprint density at radius 3 is 2.42 bits per heavy atom. The summed E-state index contributed by atoms with van der Waals surface area (Å²) in [6.07, 6.45) is 3.32. The van der Waals surface area contributed by atoms with Crippen molar-refractivity contribution in [2.45, 2.75) is 38.6 Å². The van der Waals surface area contributed by atoms with Gasteiger partial charge in [0.25, 0.3) is 5.91 Å². The van der Waals surface area contributed by atoms with Crippen molar-refractivity contribution < 1.29 is 18.7 Å². The number of hydrogen-bond donors (Lipinski definition) is 0. The van der Waals surface area contributed by atoms with Crippen LogP contribution in [0.4, 0.5) is 4.39 Å². The van der Waals surface area contributed by atoms with Crippen LogP contribution in [0.5, 0.6) is 0 Å². The molecule has 0 spiro atoms. The largest absolute Gasteiger partial charge is 0.383 e. The molecule has 0 unspecified atom stereocenters. The molecule has 2 amide bonds. The molecule has 4 rings (SSSR count). The monoisotopic (exact) mass is 451 g/mol. The molecule has 0 bridgehead atoms. The number of halogens is 1. The van der Waals surface area contributed by atoms with E-state index >= 15 is 0 Å². The molecule has 0 aromatic heterocycles. The summed E-state index contributed by atoms with van der Waals surface area (Å²) in [6.45, 7) is 2.72. The second kappa shape index (κ2) is 10.3. The topological polar surface area (TPSA) is 62.2 Å². The van der Waals surface area contributed by atoms with Crippen LogP contribution < -0.4 is 0 Å². The summed E-state index contributed by atoms with van der Waals surface area (Å²) in [5, 5.41) is 6.15. The Bertz CT molecular complexity index is 1020. The van der Waals surface area contributed by atoms with Crippen molar-refractivity contribution in [3.8, 4) is 0 Å². The molecule has 7 heteroatoms. The predicted molar refractivity (Wildman–Crippen MR) is 124 cm³/mol. The highest BCUT2D eigenvalue weighted by Crippen LogP contribution is 2.34. The summed E-state index contributed by atoms with van der Waals surface area (Å²) in [4.78, 5) is 28.0. The highest BCUT2D eigenvalue weighted by Gasteiger charge is 2.36. The van der Waals surface area contributed by atoms with Gasteiger partial charge in [-0.05, 0) is 43.0 Å². The summed E-state index contributed by atoms with van der Waals surface area (Å²) in [5.41, 5.74) is 3.61. The van der Waals surface area contributed by atoms with Gasteiger partial charge >= 0.3 is 0 Å². The fourth-order valence-electron chi connectivity index (χ4n) is 4.22. The lowest BCUT2D eigenvalue weighted by molar-refractivity contribution is -0.146. The fraction of sp³-hybridized carbons (Fsp3) is 0.423. The standard InChI is InChI=1S/C26H30FN3O3/c1-18-6-8-20(9-7-18)24-16-23(19-10-12-22(27)13-11-19)28-30(24)25(31)17-29(14-15-33-2)26(32)21-4-3-5-21/h6-13,21,24H,3-5,14-17H2,1-2H3/t24-/m0/s1. The summed E-state index contributed by atoms with van der Waals surface area (Å²) >= 11 is 0. The van der Waals surface area contributed by atoms with Crippen LogP contribution in [0.3, 0.4) is 0 Å². The number of benzene rings is 2. The van der Waals surface area contributed by atoms with Gasteiger partial charge in [-0.15, -0.1) is 0 Å². The van der Waals surface area contributed by atoms with Gasteiger partial charge in [0.1, 0.15) is 12.4 Å². The van der Waals surface area contributed by atoms with Crippen LogP contribution in [-0.4, -0.2) is 54.2 Å².